The molecule has 0 amide bonds. The molecular formula is C11H13N3O4S. The van der Waals surface area contributed by atoms with Gasteiger partial charge >= 0.3 is 5.97 Å². The summed E-state index contributed by atoms with van der Waals surface area (Å²) in [6.07, 6.45) is 0. The zero-order valence-electron chi connectivity index (χ0n) is 10.2. The fourth-order valence-electron chi connectivity index (χ4n) is 1.88. The highest BCUT2D eigenvalue weighted by Gasteiger charge is 2.12. The zero-order valence-corrected chi connectivity index (χ0v) is 11.0. The number of fused-ring (bicyclic) bond motifs is 1. The summed E-state index contributed by atoms with van der Waals surface area (Å²) < 4.78 is 23.6. The number of benzene rings is 1. The molecule has 7 nitrogen and oxygen atoms in total. The van der Waals surface area contributed by atoms with Crippen LogP contribution in [0.4, 0.5) is 0 Å². The first-order chi connectivity index (χ1) is 8.78. The van der Waals surface area contributed by atoms with Gasteiger partial charge in [-0.05, 0) is 25.1 Å². The number of carboxylic acid groups (broad SMARTS) is 1. The Morgan fingerprint density at radius 1 is 1.47 bits per heavy atom. The molecule has 0 unspecified atom stereocenters. The molecule has 0 saturated carbocycles. The lowest BCUT2D eigenvalue weighted by atomic mass is 10.2. The average molecular weight is 283 g/mol. The molecule has 0 spiro atoms. The van der Waals surface area contributed by atoms with E-state index >= 15 is 0 Å². The first-order valence-electron chi connectivity index (χ1n) is 5.48. The van der Waals surface area contributed by atoms with Crippen molar-refractivity contribution in [2.24, 2.45) is 5.14 Å². The third kappa shape index (κ3) is 2.91. The summed E-state index contributed by atoms with van der Waals surface area (Å²) in [5.74, 6) is -0.656. The minimum absolute atomic E-state index is 0.129. The number of nitrogens with two attached hydrogens (primary N) is 1. The molecule has 0 aliphatic carbocycles. The predicted molar refractivity (Wildman–Crippen MR) is 69.4 cm³/mol. The van der Waals surface area contributed by atoms with Crippen molar-refractivity contribution in [1.82, 2.24) is 9.55 Å². The third-order valence-electron chi connectivity index (χ3n) is 2.79. The molecule has 3 N–H and O–H groups in total. The van der Waals surface area contributed by atoms with Gasteiger partial charge in [0.15, 0.2) is 0 Å². The Morgan fingerprint density at radius 3 is 2.74 bits per heavy atom. The summed E-state index contributed by atoms with van der Waals surface area (Å²) >= 11 is 0. The van der Waals surface area contributed by atoms with E-state index in [0.29, 0.717) is 16.9 Å². The number of aromatic carboxylic acids is 1. The van der Waals surface area contributed by atoms with Crippen LogP contribution < -0.4 is 5.14 Å². The Bertz CT molecular complexity index is 749. The minimum Gasteiger partial charge on any atom is -0.478 e. The number of hydrogen-bond donors (Lipinski definition) is 2. The van der Waals surface area contributed by atoms with Gasteiger partial charge in [0.05, 0.1) is 22.3 Å². The van der Waals surface area contributed by atoms with Crippen LogP contribution in [0.25, 0.3) is 11.0 Å². The van der Waals surface area contributed by atoms with Gasteiger partial charge in [0, 0.05) is 6.54 Å². The number of aromatic nitrogens is 2. The Kier molecular flexibility index (Phi) is 3.29. The van der Waals surface area contributed by atoms with Crippen molar-refractivity contribution in [1.29, 1.82) is 0 Å². The SMILES string of the molecule is Cc1nc2ccc(C(=O)O)cc2n1CCS(N)(=O)=O. The second-order valence-corrected chi connectivity index (χ2v) is 5.92. The smallest absolute Gasteiger partial charge is 0.335 e. The average Bonchev–Trinajstić information content (AvgIpc) is 2.60. The fourth-order valence-corrected chi connectivity index (χ4v) is 2.31. The van der Waals surface area contributed by atoms with Gasteiger partial charge in [-0.25, -0.2) is 23.3 Å². The van der Waals surface area contributed by atoms with Crippen LogP contribution in [-0.4, -0.2) is 34.8 Å². The quantitative estimate of drug-likeness (QED) is 0.839. The molecule has 2 aromatic rings. The van der Waals surface area contributed by atoms with E-state index in [9.17, 15) is 13.2 Å². The number of carbonyl (C=O) groups is 1. The molecule has 1 aromatic heterocycles. The molecule has 0 aliphatic rings. The molecule has 8 heteroatoms. The summed E-state index contributed by atoms with van der Waals surface area (Å²) in [4.78, 5) is 15.2. The fraction of sp³-hybridized carbons (Fsp3) is 0.273. The number of aryl methyl sites for hydroxylation is 2. The van der Waals surface area contributed by atoms with Gasteiger partial charge in [-0.3, -0.25) is 0 Å². The van der Waals surface area contributed by atoms with Crippen molar-refractivity contribution in [2.75, 3.05) is 5.75 Å². The highest BCUT2D eigenvalue weighted by atomic mass is 32.2. The second kappa shape index (κ2) is 4.63. The van der Waals surface area contributed by atoms with Crippen molar-refractivity contribution in [3.63, 3.8) is 0 Å². The van der Waals surface area contributed by atoms with E-state index in [1.165, 1.54) is 12.1 Å². The molecule has 1 heterocycles. The van der Waals surface area contributed by atoms with Gasteiger partial charge in [-0.15, -0.1) is 0 Å². The monoisotopic (exact) mass is 283 g/mol. The van der Waals surface area contributed by atoms with Gasteiger partial charge in [0.1, 0.15) is 5.82 Å². The Balaban J connectivity index is 2.49. The maximum absolute atomic E-state index is 11.0. The van der Waals surface area contributed by atoms with Crippen molar-refractivity contribution < 1.29 is 18.3 Å². The molecule has 0 aliphatic heterocycles. The second-order valence-electron chi connectivity index (χ2n) is 4.19. The summed E-state index contributed by atoms with van der Waals surface area (Å²) in [6.45, 7) is 1.87. The molecule has 1 aromatic carbocycles. The molecular weight excluding hydrogens is 270 g/mol. The Labute approximate surface area is 109 Å². The normalized spacial score (nSPS) is 11.9. The molecule has 102 valence electrons. The highest BCUT2D eigenvalue weighted by molar-refractivity contribution is 7.89. The van der Waals surface area contributed by atoms with Crippen molar-refractivity contribution in [3.05, 3.63) is 29.6 Å². The van der Waals surface area contributed by atoms with Crippen LogP contribution in [0.15, 0.2) is 18.2 Å². The number of nitrogens with zero attached hydrogens (tertiary/aromatic N) is 2. The molecule has 0 atom stereocenters. The first kappa shape index (κ1) is 13.5. The maximum atomic E-state index is 11.0. The number of primary sulfonamides is 1. The number of sulfonamides is 1. The first-order valence-corrected chi connectivity index (χ1v) is 7.20. The van der Waals surface area contributed by atoms with Gasteiger partial charge in [-0.2, -0.15) is 0 Å². The molecule has 2 rings (SSSR count). The number of rotatable bonds is 4. The van der Waals surface area contributed by atoms with Gasteiger partial charge in [-0.1, -0.05) is 0 Å². The number of carboxylic acids is 1. The Morgan fingerprint density at radius 2 is 2.16 bits per heavy atom. The minimum atomic E-state index is -3.58. The van der Waals surface area contributed by atoms with Gasteiger partial charge in [0.2, 0.25) is 10.0 Å². The van der Waals surface area contributed by atoms with E-state index in [4.69, 9.17) is 10.2 Å². The molecule has 0 saturated heterocycles. The molecule has 0 fully saturated rings. The van der Waals surface area contributed by atoms with Gasteiger partial charge < -0.3 is 9.67 Å². The summed E-state index contributed by atoms with van der Waals surface area (Å²) in [5.41, 5.74) is 1.34. The lowest BCUT2D eigenvalue weighted by molar-refractivity contribution is 0.0697. The lowest BCUT2D eigenvalue weighted by Crippen LogP contribution is -2.20. The van der Waals surface area contributed by atoms with Crippen LogP contribution in [0.1, 0.15) is 16.2 Å². The van der Waals surface area contributed by atoms with E-state index in [2.05, 4.69) is 4.98 Å². The maximum Gasteiger partial charge on any atom is 0.335 e. The molecule has 0 bridgehead atoms. The van der Waals surface area contributed by atoms with Crippen LogP contribution in [0.5, 0.6) is 0 Å². The van der Waals surface area contributed by atoms with Gasteiger partial charge in [0.25, 0.3) is 0 Å². The van der Waals surface area contributed by atoms with E-state index in [0.717, 1.165) is 0 Å². The Hall–Kier alpha value is -1.93. The summed E-state index contributed by atoms with van der Waals surface area (Å²) in [6, 6.07) is 4.53. The van der Waals surface area contributed by atoms with E-state index < -0.39 is 16.0 Å². The number of imidazole rings is 1. The van der Waals surface area contributed by atoms with E-state index in [1.807, 2.05) is 0 Å². The largest absolute Gasteiger partial charge is 0.478 e. The van der Waals surface area contributed by atoms with Crippen molar-refractivity contribution in [2.45, 2.75) is 13.5 Å². The third-order valence-corrected chi connectivity index (χ3v) is 3.54. The van der Waals surface area contributed by atoms with Crippen LogP contribution in [0, 0.1) is 6.92 Å². The van der Waals surface area contributed by atoms with Crippen molar-refractivity contribution >= 4 is 27.0 Å². The lowest BCUT2D eigenvalue weighted by Gasteiger charge is -2.06. The molecule has 19 heavy (non-hydrogen) atoms. The van der Waals surface area contributed by atoms with Crippen LogP contribution in [0.2, 0.25) is 0 Å². The van der Waals surface area contributed by atoms with E-state index in [1.54, 1.807) is 17.6 Å². The molecule has 0 radical (unpaired) electrons. The van der Waals surface area contributed by atoms with Crippen LogP contribution in [-0.2, 0) is 16.6 Å². The predicted octanol–water partition coefficient (Wildman–Crippen LogP) is 0.331. The standard InChI is InChI=1S/C11H13N3O4S/c1-7-13-9-3-2-8(11(15)16)6-10(9)14(7)4-5-19(12,17)18/h2-3,6H,4-5H2,1H3,(H,15,16)(H2,12,17,18). The number of hydrogen-bond acceptors (Lipinski definition) is 4. The van der Waals surface area contributed by atoms with Crippen LogP contribution >= 0.6 is 0 Å². The topological polar surface area (TPSA) is 115 Å². The van der Waals surface area contributed by atoms with Crippen molar-refractivity contribution in [3.8, 4) is 0 Å². The highest BCUT2D eigenvalue weighted by Crippen LogP contribution is 2.18. The summed E-state index contributed by atoms with van der Waals surface area (Å²) in [7, 11) is -3.58. The summed E-state index contributed by atoms with van der Waals surface area (Å²) in [5, 5.41) is 13.9. The zero-order chi connectivity index (χ0) is 14.2. The van der Waals surface area contributed by atoms with E-state index in [-0.39, 0.29) is 17.9 Å². The van der Waals surface area contributed by atoms with Crippen LogP contribution in [0.3, 0.4) is 0 Å².